The molecule has 5 nitrogen and oxygen atoms in total. The van der Waals surface area contributed by atoms with E-state index in [2.05, 4.69) is 38.5 Å². The second-order valence-electron chi connectivity index (χ2n) is 5.01. The molecule has 2 aromatic carbocycles. The van der Waals surface area contributed by atoms with Gasteiger partial charge in [0.25, 0.3) is 5.91 Å². The molecule has 3 N–H and O–H groups in total. The molecule has 0 aliphatic rings. The summed E-state index contributed by atoms with van der Waals surface area (Å²) in [5.41, 5.74) is 1.74. The zero-order chi connectivity index (χ0) is 18.4. The van der Waals surface area contributed by atoms with Gasteiger partial charge in [-0.25, -0.2) is 0 Å². The molecule has 0 radical (unpaired) electrons. The molecule has 0 atom stereocenters. The first-order valence-electron chi connectivity index (χ1n) is 7.36. The Hall–Kier alpha value is -1.71. The molecule has 0 heterocycles. The Morgan fingerprint density at radius 2 is 1.68 bits per heavy atom. The minimum absolute atomic E-state index is 0.157. The van der Waals surface area contributed by atoms with E-state index in [1.807, 2.05) is 6.07 Å². The van der Waals surface area contributed by atoms with Gasteiger partial charge in [0, 0.05) is 21.4 Å². The van der Waals surface area contributed by atoms with Gasteiger partial charge in [-0.05, 0) is 77.3 Å². The summed E-state index contributed by atoms with van der Waals surface area (Å²) < 4.78 is 0.925. The molecule has 8 heteroatoms. The average Bonchev–Trinajstić information content (AvgIpc) is 2.58. The number of carbonyl (C=O) groups is 2. The Bertz CT molecular complexity index is 812. The van der Waals surface area contributed by atoms with Crippen LogP contribution in [0.5, 0.6) is 0 Å². The van der Waals surface area contributed by atoms with Crippen LogP contribution in [0.3, 0.4) is 0 Å². The molecule has 0 saturated heterocycles. The molecular weight excluding hydrogens is 473 g/mol. The lowest BCUT2D eigenvalue weighted by molar-refractivity contribution is -0.119. The standard InChI is InChI=1S/C17H15ClIN3O2S/c1-2-15(23)22-17(25)21-12-6-4-11(5-7-12)20-16(24)13-9-10(19)3-8-14(13)18/h3-9H,2H2,1H3,(H,20,24)(H2,21,22,23,25). The third kappa shape index (κ3) is 5.94. The first-order valence-corrected chi connectivity index (χ1v) is 9.23. The summed E-state index contributed by atoms with van der Waals surface area (Å²) in [5.74, 6) is -0.439. The third-order valence-corrected chi connectivity index (χ3v) is 4.35. The van der Waals surface area contributed by atoms with E-state index in [0.717, 1.165) is 3.57 Å². The molecule has 0 spiro atoms. The Balaban J connectivity index is 2.00. The maximum Gasteiger partial charge on any atom is 0.257 e. The van der Waals surface area contributed by atoms with Crippen LogP contribution in [-0.4, -0.2) is 16.9 Å². The molecule has 0 aromatic heterocycles. The van der Waals surface area contributed by atoms with Crippen molar-refractivity contribution >= 4 is 74.7 Å². The van der Waals surface area contributed by atoms with Gasteiger partial charge in [-0.15, -0.1) is 0 Å². The van der Waals surface area contributed by atoms with Gasteiger partial charge < -0.3 is 16.0 Å². The van der Waals surface area contributed by atoms with E-state index in [9.17, 15) is 9.59 Å². The molecule has 2 rings (SSSR count). The van der Waals surface area contributed by atoms with Crippen LogP contribution >= 0.6 is 46.4 Å². The van der Waals surface area contributed by atoms with Crippen LogP contribution in [0.15, 0.2) is 42.5 Å². The summed E-state index contributed by atoms with van der Waals surface area (Å²) >= 11 is 13.2. The van der Waals surface area contributed by atoms with E-state index < -0.39 is 0 Å². The highest BCUT2D eigenvalue weighted by Gasteiger charge is 2.11. The second-order valence-corrected chi connectivity index (χ2v) is 7.07. The van der Waals surface area contributed by atoms with Crippen molar-refractivity contribution in [2.75, 3.05) is 10.6 Å². The summed E-state index contributed by atoms with van der Waals surface area (Å²) in [7, 11) is 0. The fourth-order valence-electron chi connectivity index (χ4n) is 1.88. The van der Waals surface area contributed by atoms with Crippen LogP contribution in [-0.2, 0) is 4.79 Å². The van der Waals surface area contributed by atoms with Crippen molar-refractivity contribution in [2.45, 2.75) is 13.3 Å². The van der Waals surface area contributed by atoms with E-state index in [4.69, 9.17) is 23.8 Å². The predicted molar refractivity (Wildman–Crippen MR) is 113 cm³/mol. The average molecular weight is 488 g/mol. The van der Waals surface area contributed by atoms with E-state index in [1.165, 1.54) is 0 Å². The molecule has 0 saturated carbocycles. The summed E-state index contributed by atoms with van der Waals surface area (Å²) in [4.78, 5) is 23.6. The largest absolute Gasteiger partial charge is 0.332 e. The fourth-order valence-corrected chi connectivity index (χ4v) is 2.81. The number of benzene rings is 2. The van der Waals surface area contributed by atoms with Crippen molar-refractivity contribution in [1.29, 1.82) is 0 Å². The maximum atomic E-state index is 12.3. The third-order valence-electron chi connectivity index (χ3n) is 3.15. The number of carbonyl (C=O) groups excluding carboxylic acids is 2. The van der Waals surface area contributed by atoms with Crippen LogP contribution < -0.4 is 16.0 Å². The highest BCUT2D eigenvalue weighted by Crippen LogP contribution is 2.21. The highest BCUT2D eigenvalue weighted by molar-refractivity contribution is 14.1. The molecule has 0 aliphatic heterocycles. The normalized spacial score (nSPS) is 10.0. The molecule has 0 aliphatic carbocycles. The van der Waals surface area contributed by atoms with Gasteiger partial charge in [0.15, 0.2) is 5.11 Å². The van der Waals surface area contributed by atoms with Crippen LogP contribution in [0, 0.1) is 3.57 Å². The number of rotatable bonds is 4. The SMILES string of the molecule is CCC(=O)NC(=S)Nc1ccc(NC(=O)c2cc(I)ccc2Cl)cc1. The van der Waals surface area contributed by atoms with Gasteiger partial charge >= 0.3 is 0 Å². The topological polar surface area (TPSA) is 70.2 Å². The smallest absolute Gasteiger partial charge is 0.257 e. The number of hydrogen-bond donors (Lipinski definition) is 3. The van der Waals surface area contributed by atoms with Crippen molar-refractivity contribution < 1.29 is 9.59 Å². The van der Waals surface area contributed by atoms with E-state index in [-0.39, 0.29) is 16.9 Å². The molecule has 0 bridgehead atoms. The van der Waals surface area contributed by atoms with Gasteiger partial charge in [-0.3, -0.25) is 9.59 Å². The first kappa shape index (κ1) is 19.6. The Morgan fingerprint density at radius 1 is 1.08 bits per heavy atom. The van der Waals surface area contributed by atoms with Gasteiger partial charge in [0.1, 0.15) is 0 Å². The minimum Gasteiger partial charge on any atom is -0.332 e. The minimum atomic E-state index is -0.282. The lowest BCUT2D eigenvalue weighted by Crippen LogP contribution is -2.33. The number of amides is 2. The number of hydrogen-bond acceptors (Lipinski definition) is 3. The lowest BCUT2D eigenvalue weighted by atomic mass is 10.2. The van der Waals surface area contributed by atoms with Gasteiger partial charge in [0.05, 0.1) is 10.6 Å². The molecule has 2 amide bonds. The van der Waals surface area contributed by atoms with Gasteiger partial charge in [-0.2, -0.15) is 0 Å². The van der Waals surface area contributed by atoms with Crippen molar-refractivity contribution in [2.24, 2.45) is 0 Å². The zero-order valence-corrected chi connectivity index (χ0v) is 17.0. The van der Waals surface area contributed by atoms with E-state index >= 15 is 0 Å². The molecule has 25 heavy (non-hydrogen) atoms. The fraction of sp³-hybridized carbons (Fsp3) is 0.118. The van der Waals surface area contributed by atoms with Crippen LogP contribution in [0.2, 0.25) is 5.02 Å². The number of nitrogens with one attached hydrogen (secondary N) is 3. The molecule has 0 fully saturated rings. The maximum absolute atomic E-state index is 12.3. The van der Waals surface area contributed by atoms with Crippen molar-refractivity contribution in [3.8, 4) is 0 Å². The summed E-state index contributed by atoms with van der Waals surface area (Å²) in [5, 5.41) is 8.87. The van der Waals surface area contributed by atoms with Crippen LogP contribution in [0.1, 0.15) is 23.7 Å². The number of halogens is 2. The number of thiocarbonyl (C=S) groups is 1. The summed E-state index contributed by atoms with van der Waals surface area (Å²) in [6, 6.07) is 12.2. The van der Waals surface area contributed by atoms with E-state index in [0.29, 0.717) is 28.4 Å². The second kappa shape index (κ2) is 9.12. The van der Waals surface area contributed by atoms with Gasteiger partial charge in [0.2, 0.25) is 5.91 Å². The van der Waals surface area contributed by atoms with Crippen molar-refractivity contribution in [1.82, 2.24) is 5.32 Å². The predicted octanol–water partition coefficient (Wildman–Crippen LogP) is 4.42. The molecule has 0 unspecified atom stereocenters. The van der Waals surface area contributed by atoms with Crippen molar-refractivity contribution in [3.05, 3.63) is 56.6 Å². The van der Waals surface area contributed by atoms with Crippen LogP contribution in [0.25, 0.3) is 0 Å². The van der Waals surface area contributed by atoms with E-state index in [1.54, 1.807) is 43.3 Å². The Morgan fingerprint density at radius 3 is 2.28 bits per heavy atom. The summed E-state index contributed by atoms with van der Waals surface area (Å²) in [6.45, 7) is 1.75. The first-order chi connectivity index (χ1) is 11.9. The summed E-state index contributed by atoms with van der Waals surface area (Å²) in [6.07, 6.45) is 0.355. The van der Waals surface area contributed by atoms with Crippen molar-refractivity contribution in [3.63, 3.8) is 0 Å². The Labute approximate surface area is 169 Å². The van der Waals surface area contributed by atoms with Crippen LogP contribution in [0.4, 0.5) is 11.4 Å². The number of anilines is 2. The molecule has 130 valence electrons. The lowest BCUT2D eigenvalue weighted by Gasteiger charge is -2.10. The zero-order valence-electron chi connectivity index (χ0n) is 13.2. The van der Waals surface area contributed by atoms with Gasteiger partial charge in [-0.1, -0.05) is 18.5 Å². The monoisotopic (exact) mass is 487 g/mol. The molecule has 2 aromatic rings. The quantitative estimate of drug-likeness (QED) is 0.441. The molecular formula is C17H15ClIN3O2S. The Kier molecular flexibility index (Phi) is 7.15. The highest BCUT2D eigenvalue weighted by atomic mass is 127.